The van der Waals surface area contributed by atoms with Gasteiger partial charge in [-0.2, -0.15) is 28.4 Å². The molecule has 0 radical (unpaired) electrons. The number of fused-ring (bicyclic) bond motifs is 1. The van der Waals surface area contributed by atoms with E-state index in [9.17, 15) is 18.4 Å². The zero-order valence-corrected chi connectivity index (χ0v) is 21.0. The minimum Gasteiger partial charge on any atom is -0.462 e. The van der Waals surface area contributed by atoms with Crippen molar-refractivity contribution in [2.75, 3.05) is 56.2 Å². The lowest BCUT2D eigenvalue weighted by Gasteiger charge is -2.37. The maximum Gasteiger partial charge on any atom is 0.418 e. The van der Waals surface area contributed by atoms with Crippen molar-refractivity contribution < 1.29 is 17.9 Å². The molecule has 1 aromatic heterocycles. The third-order valence-corrected chi connectivity index (χ3v) is 7.54. The summed E-state index contributed by atoms with van der Waals surface area (Å²) >= 11 is 0. The quantitative estimate of drug-likeness (QED) is 0.628. The first-order valence-corrected chi connectivity index (χ1v) is 12.8. The minimum absolute atomic E-state index is 0.0274. The van der Waals surface area contributed by atoms with Gasteiger partial charge in [-0.15, -0.1) is 0 Å². The van der Waals surface area contributed by atoms with Crippen molar-refractivity contribution in [3.63, 3.8) is 0 Å². The molecule has 3 aliphatic rings. The van der Waals surface area contributed by atoms with E-state index in [1.807, 2.05) is 0 Å². The van der Waals surface area contributed by atoms with Crippen LogP contribution in [0, 0.1) is 11.3 Å². The van der Waals surface area contributed by atoms with Crippen molar-refractivity contribution >= 4 is 11.5 Å². The summed E-state index contributed by atoms with van der Waals surface area (Å²) in [6, 6.07) is 8.50. The number of likely N-dealkylation sites (tertiary alicyclic amines) is 1. The number of rotatable bonds is 6. The van der Waals surface area contributed by atoms with Gasteiger partial charge in [-0.1, -0.05) is 12.1 Å². The second-order valence-electron chi connectivity index (χ2n) is 9.99. The molecule has 37 heavy (non-hydrogen) atoms. The first kappa shape index (κ1) is 25.5. The summed E-state index contributed by atoms with van der Waals surface area (Å²) in [4.78, 5) is 15.7. The number of nitriles is 1. The van der Waals surface area contributed by atoms with Crippen LogP contribution in [0.2, 0.25) is 0 Å². The predicted molar refractivity (Wildman–Crippen MR) is 134 cm³/mol. The fraction of sp³-hybridized carbons (Fsp3) is 0.577. The minimum atomic E-state index is -4.44. The van der Waals surface area contributed by atoms with Crippen molar-refractivity contribution in [1.82, 2.24) is 20.2 Å². The van der Waals surface area contributed by atoms with E-state index in [1.165, 1.54) is 12.1 Å². The molecule has 11 heteroatoms. The Hall–Kier alpha value is -3.10. The second kappa shape index (κ2) is 10.7. The molecule has 2 saturated heterocycles. The first-order chi connectivity index (χ1) is 17.8. The van der Waals surface area contributed by atoms with Crippen LogP contribution >= 0.6 is 0 Å². The number of alkyl halides is 3. The monoisotopic (exact) mass is 515 g/mol. The predicted octanol–water partition coefficient (Wildman–Crippen LogP) is 3.22. The SMILES string of the molecule is CN1CCCC1COc1nc2c(c(N3CCNC(CC#N)C3)n1)CCN(c1ccccc1C(F)(F)F)C2. The highest BCUT2D eigenvalue weighted by Gasteiger charge is 2.36. The van der Waals surface area contributed by atoms with E-state index in [-0.39, 0.29) is 30.3 Å². The normalized spacial score (nSPS) is 22.6. The molecule has 2 atom stereocenters. The van der Waals surface area contributed by atoms with Gasteiger partial charge in [0.25, 0.3) is 0 Å². The lowest BCUT2D eigenvalue weighted by Crippen LogP contribution is -2.51. The number of halogens is 3. The Morgan fingerprint density at radius 2 is 2.00 bits per heavy atom. The molecule has 2 aromatic rings. The van der Waals surface area contributed by atoms with Crippen LogP contribution in [0.15, 0.2) is 24.3 Å². The van der Waals surface area contributed by atoms with E-state index in [2.05, 4.69) is 28.2 Å². The van der Waals surface area contributed by atoms with Crippen LogP contribution in [-0.4, -0.2) is 73.3 Å². The second-order valence-corrected chi connectivity index (χ2v) is 9.99. The maximum atomic E-state index is 13.7. The van der Waals surface area contributed by atoms with Crippen molar-refractivity contribution in [1.29, 1.82) is 5.26 Å². The fourth-order valence-electron chi connectivity index (χ4n) is 5.53. The van der Waals surface area contributed by atoms with Gasteiger partial charge in [0.2, 0.25) is 0 Å². The summed E-state index contributed by atoms with van der Waals surface area (Å²) in [5.74, 6) is 0.771. The number of benzene rings is 1. The molecule has 8 nitrogen and oxygen atoms in total. The summed E-state index contributed by atoms with van der Waals surface area (Å²) in [5, 5.41) is 12.6. The smallest absolute Gasteiger partial charge is 0.418 e. The molecule has 1 aromatic carbocycles. The van der Waals surface area contributed by atoms with Crippen LogP contribution in [0.3, 0.4) is 0 Å². The zero-order chi connectivity index (χ0) is 26.0. The van der Waals surface area contributed by atoms with Crippen molar-refractivity contribution in [2.45, 2.75) is 50.5 Å². The topological polar surface area (TPSA) is 80.5 Å². The van der Waals surface area contributed by atoms with Crippen LogP contribution in [0.5, 0.6) is 6.01 Å². The summed E-state index contributed by atoms with van der Waals surface area (Å²) in [5.41, 5.74) is 1.16. The highest BCUT2D eigenvalue weighted by Crippen LogP contribution is 2.39. The molecule has 1 N–H and O–H groups in total. The van der Waals surface area contributed by atoms with Crippen molar-refractivity contribution in [2.24, 2.45) is 0 Å². The number of para-hydroxylation sites is 1. The highest BCUT2D eigenvalue weighted by atomic mass is 19.4. The number of anilines is 2. The Kier molecular flexibility index (Phi) is 7.40. The molecule has 0 spiro atoms. The third kappa shape index (κ3) is 5.60. The molecule has 0 aliphatic carbocycles. The Balaban J connectivity index is 1.46. The van der Waals surface area contributed by atoms with Crippen LogP contribution in [-0.2, 0) is 19.1 Å². The molecule has 198 valence electrons. The largest absolute Gasteiger partial charge is 0.462 e. The lowest BCUT2D eigenvalue weighted by atomic mass is 10.0. The highest BCUT2D eigenvalue weighted by molar-refractivity contribution is 5.59. The summed E-state index contributed by atoms with van der Waals surface area (Å²) in [7, 11) is 2.08. The van der Waals surface area contributed by atoms with Gasteiger partial charge in [0, 0.05) is 49.5 Å². The Morgan fingerprint density at radius 1 is 1.16 bits per heavy atom. The summed E-state index contributed by atoms with van der Waals surface area (Å²) in [6.07, 6.45) is -1.36. The van der Waals surface area contributed by atoms with Gasteiger partial charge < -0.3 is 24.8 Å². The summed E-state index contributed by atoms with van der Waals surface area (Å²) < 4.78 is 47.3. The molecule has 2 fully saturated rings. The van der Waals surface area contributed by atoms with E-state index in [0.29, 0.717) is 38.2 Å². The van der Waals surface area contributed by atoms with Crippen LogP contribution in [0.1, 0.15) is 36.1 Å². The number of likely N-dealkylation sites (N-methyl/N-ethyl adjacent to an activating group) is 1. The van der Waals surface area contributed by atoms with Gasteiger partial charge >= 0.3 is 12.2 Å². The average Bonchev–Trinajstić information content (AvgIpc) is 3.31. The van der Waals surface area contributed by atoms with Crippen molar-refractivity contribution in [3.8, 4) is 12.1 Å². The standard InChI is InChI=1S/C26H32F3N7O/c1-34-12-4-5-19(34)17-37-25-32-22-16-35(23-7-3-2-6-21(23)26(27,28)29)13-9-20(22)24(33-25)36-14-11-31-18(15-36)8-10-30/h2-3,6-7,18-19,31H,4-5,8-9,11-17H2,1H3. The molecule has 0 amide bonds. The third-order valence-electron chi connectivity index (χ3n) is 7.54. The first-order valence-electron chi connectivity index (χ1n) is 12.8. The number of nitrogens with zero attached hydrogens (tertiary/aromatic N) is 6. The molecule has 5 rings (SSSR count). The van der Waals surface area contributed by atoms with Crippen LogP contribution in [0.25, 0.3) is 0 Å². The Labute approximate surface area is 215 Å². The Morgan fingerprint density at radius 3 is 2.76 bits per heavy atom. The molecule has 2 unspecified atom stereocenters. The van der Waals surface area contributed by atoms with E-state index in [1.54, 1.807) is 11.0 Å². The number of hydrogen-bond acceptors (Lipinski definition) is 8. The van der Waals surface area contributed by atoms with Gasteiger partial charge in [-0.25, -0.2) is 0 Å². The molecule has 3 aliphatic heterocycles. The van der Waals surface area contributed by atoms with E-state index in [0.717, 1.165) is 49.9 Å². The van der Waals surface area contributed by atoms with E-state index >= 15 is 0 Å². The molecular weight excluding hydrogens is 483 g/mol. The number of hydrogen-bond donors (Lipinski definition) is 1. The zero-order valence-electron chi connectivity index (χ0n) is 21.0. The number of piperazine rings is 1. The van der Waals surface area contributed by atoms with Gasteiger partial charge in [0.1, 0.15) is 12.4 Å². The molecule has 0 saturated carbocycles. The average molecular weight is 516 g/mol. The van der Waals surface area contributed by atoms with E-state index < -0.39 is 11.7 Å². The summed E-state index contributed by atoms with van der Waals surface area (Å²) in [6.45, 7) is 4.23. The lowest BCUT2D eigenvalue weighted by molar-refractivity contribution is -0.137. The van der Waals surface area contributed by atoms with Crippen LogP contribution < -0.4 is 19.9 Å². The number of ether oxygens (including phenoxy) is 1. The Bertz CT molecular complexity index is 1150. The van der Waals surface area contributed by atoms with Gasteiger partial charge in [0.15, 0.2) is 0 Å². The molecule has 4 heterocycles. The number of nitrogens with one attached hydrogen (secondary N) is 1. The van der Waals surface area contributed by atoms with Crippen molar-refractivity contribution in [3.05, 3.63) is 41.1 Å². The van der Waals surface area contributed by atoms with E-state index in [4.69, 9.17) is 14.7 Å². The molecule has 0 bridgehead atoms. The number of aromatic nitrogens is 2. The van der Waals surface area contributed by atoms with Gasteiger partial charge in [-0.05, 0) is 45.0 Å². The van der Waals surface area contributed by atoms with Gasteiger partial charge in [0.05, 0.1) is 30.3 Å². The molecular formula is C26H32F3N7O. The van der Waals surface area contributed by atoms with Gasteiger partial charge in [-0.3, -0.25) is 0 Å². The fourth-order valence-corrected chi connectivity index (χ4v) is 5.53. The maximum absolute atomic E-state index is 13.7. The van der Waals surface area contributed by atoms with Crippen LogP contribution in [0.4, 0.5) is 24.7 Å².